The molecule has 2 aromatic rings. The van der Waals surface area contributed by atoms with Crippen molar-refractivity contribution in [2.45, 2.75) is 18.2 Å². The molecule has 2 N–H and O–H groups in total. The van der Waals surface area contributed by atoms with Gasteiger partial charge in [-0.05, 0) is 48.5 Å². The van der Waals surface area contributed by atoms with E-state index in [1.54, 1.807) is 31.4 Å². The van der Waals surface area contributed by atoms with Gasteiger partial charge in [-0.1, -0.05) is 0 Å². The first-order chi connectivity index (χ1) is 12.3. The fourth-order valence-electron chi connectivity index (χ4n) is 2.19. The Balaban J connectivity index is 1.93. The lowest BCUT2D eigenvalue weighted by Gasteiger charge is -2.08. The Morgan fingerprint density at radius 2 is 1.46 bits per heavy atom. The molecule has 0 atom stereocenters. The number of ether oxygens (including phenoxy) is 1. The van der Waals surface area contributed by atoms with Crippen molar-refractivity contribution in [3.8, 4) is 5.75 Å². The molecule has 0 unspecified atom stereocenters. The number of hydrogen-bond acceptors (Lipinski definition) is 5. The van der Waals surface area contributed by atoms with Gasteiger partial charge >= 0.3 is 0 Å². The van der Waals surface area contributed by atoms with E-state index in [0.29, 0.717) is 17.1 Å². The van der Waals surface area contributed by atoms with Crippen LogP contribution >= 0.6 is 0 Å². The normalized spacial score (nSPS) is 10.8. The molecule has 0 saturated heterocycles. The van der Waals surface area contributed by atoms with Crippen molar-refractivity contribution in [2.75, 3.05) is 23.5 Å². The highest BCUT2D eigenvalue weighted by Crippen LogP contribution is 2.17. The minimum Gasteiger partial charge on any atom is -0.497 e. The largest absolute Gasteiger partial charge is 0.497 e. The molecule has 2 rings (SSSR count). The van der Waals surface area contributed by atoms with Crippen molar-refractivity contribution in [3.63, 3.8) is 0 Å². The van der Waals surface area contributed by atoms with Crippen LogP contribution in [0.3, 0.4) is 0 Å². The average molecular weight is 376 g/mol. The van der Waals surface area contributed by atoms with Gasteiger partial charge in [-0.15, -0.1) is 0 Å². The standard InChI is InChI=1S/C18H20N2O5S/c1-13(21)19-14-5-9-17(10-6-14)26(23,24)12-11-18(22)20-15-3-7-16(25-2)8-4-15/h3-10H,11-12H2,1-2H3,(H,19,21)(H,20,22). The molecule has 0 aliphatic carbocycles. The number of carbonyl (C=O) groups is 2. The molecule has 0 fully saturated rings. The van der Waals surface area contributed by atoms with Crippen LogP contribution in [0.1, 0.15) is 13.3 Å². The number of rotatable bonds is 7. The number of methoxy groups -OCH3 is 1. The lowest BCUT2D eigenvalue weighted by Crippen LogP contribution is -2.17. The molecule has 2 amide bonds. The Morgan fingerprint density at radius 1 is 0.923 bits per heavy atom. The first-order valence-electron chi connectivity index (χ1n) is 7.84. The molecule has 0 bridgehead atoms. The zero-order valence-electron chi connectivity index (χ0n) is 14.5. The van der Waals surface area contributed by atoms with Gasteiger partial charge in [0.2, 0.25) is 11.8 Å². The van der Waals surface area contributed by atoms with E-state index in [0.717, 1.165) is 0 Å². The summed E-state index contributed by atoms with van der Waals surface area (Å²) in [5.41, 5.74) is 1.07. The zero-order chi connectivity index (χ0) is 19.2. The van der Waals surface area contributed by atoms with Crippen LogP contribution in [-0.4, -0.2) is 33.1 Å². The molecule has 7 nitrogen and oxygen atoms in total. The Morgan fingerprint density at radius 3 is 2.00 bits per heavy atom. The van der Waals surface area contributed by atoms with Crippen LogP contribution in [0.15, 0.2) is 53.4 Å². The highest BCUT2D eigenvalue weighted by atomic mass is 32.2. The molecule has 2 aromatic carbocycles. The molecule has 138 valence electrons. The van der Waals surface area contributed by atoms with E-state index in [4.69, 9.17) is 4.74 Å². The van der Waals surface area contributed by atoms with Crippen molar-refractivity contribution in [3.05, 3.63) is 48.5 Å². The van der Waals surface area contributed by atoms with Crippen LogP contribution in [0.25, 0.3) is 0 Å². The van der Waals surface area contributed by atoms with Crippen molar-refractivity contribution >= 4 is 33.0 Å². The van der Waals surface area contributed by atoms with Gasteiger partial charge in [0, 0.05) is 24.7 Å². The topological polar surface area (TPSA) is 102 Å². The minimum atomic E-state index is -3.60. The van der Waals surface area contributed by atoms with Crippen LogP contribution in [0.4, 0.5) is 11.4 Å². The van der Waals surface area contributed by atoms with Gasteiger partial charge in [-0.2, -0.15) is 0 Å². The molecule has 0 saturated carbocycles. The average Bonchev–Trinajstić information content (AvgIpc) is 2.61. The summed E-state index contributed by atoms with van der Waals surface area (Å²) in [4.78, 5) is 23.0. The fraction of sp³-hybridized carbons (Fsp3) is 0.222. The highest BCUT2D eigenvalue weighted by molar-refractivity contribution is 7.91. The monoisotopic (exact) mass is 376 g/mol. The first-order valence-corrected chi connectivity index (χ1v) is 9.50. The number of sulfone groups is 1. The third-order valence-electron chi connectivity index (χ3n) is 3.51. The maximum absolute atomic E-state index is 12.3. The van der Waals surface area contributed by atoms with E-state index in [1.165, 1.54) is 31.2 Å². The van der Waals surface area contributed by atoms with Gasteiger partial charge in [0.05, 0.1) is 17.8 Å². The minimum absolute atomic E-state index is 0.101. The predicted octanol–water partition coefficient (Wildman–Crippen LogP) is 2.46. The van der Waals surface area contributed by atoms with Gasteiger partial charge < -0.3 is 15.4 Å². The summed E-state index contributed by atoms with van der Waals surface area (Å²) < 4.78 is 29.7. The van der Waals surface area contributed by atoms with Crippen molar-refractivity contribution in [1.82, 2.24) is 0 Å². The Labute approximate surface area is 152 Å². The molecular weight excluding hydrogens is 356 g/mol. The molecule has 0 aliphatic heterocycles. The number of benzene rings is 2. The van der Waals surface area contributed by atoms with E-state index in [-0.39, 0.29) is 23.0 Å². The van der Waals surface area contributed by atoms with Crippen molar-refractivity contribution in [2.24, 2.45) is 0 Å². The van der Waals surface area contributed by atoms with E-state index in [2.05, 4.69) is 10.6 Å². The van der Waals surface area contributed by atoms with Crippen LogP contribution in [0.2, 0.25) is 0 Å². The van der Waals surface area contributed by atoms with Gasteiger partial charge in [-0.3, -0.25) is 9.59 Å². The molecule has 0 aromatic heterocycles. The quantitative estimate of drug-likeness (QED) is 0.773. The molecule has 0 spiro atoms. The number of nitrogens with one attached hydrogen (secondary N) is 2. The van der Waals surface area contributed by atoms with Crippen LogP contribution in [-0.2, 0) is 19.4 Å². The summed E-state index contributed by atoms with van der Waals surface area (Å²) in [5, 5.41) is 5.20. The molecule has 8 heteroatoms. The van der Waals surface area contributed by atoms with Crippen molar-refractivity contribution < 1.29 is 22.7 Å². The molecule has 0 heterocycles. The lowest BCUT2D eigenvalue weighted by atomic mass is 10.3. The van der Waals surface area contributed by atoms with Gasteiger partial charge in [0.15, 0.2) is 9.84 Å². The molecule has 0 aliphatic rings. The molecule has 26 heavy (non-hydrogen) atoms. The maximum atomic E-state index is 12.3. The Kier molecular flexibility index (Phi) is 6.35. The van der Waals surface area contributed by atoms with Gasteiger partial charge in [-0.25, -0.2) is 8.42 Å². The SMILES string of the molecule is COc1ccc(NC(=O)CCS(=O)(=O)c2ccc(NC(C)=O)cc2)cc1. The van der Waals surface area contributed by atoms with Crippen LogP contribution in [0, 0.1) is 0 Å². The molecular formula is C18H20N2O5S. The summed E-state index contributed by atoms with van der Waals surface area (Å²) >= 11 is 0. The smallest absolute Gasteiger partial charge is 0.225 e. The second-order valence-electron chi connectivity index (χ2n) is 5.55. The zero-order valence-corrected chi connectivity index (χ0v) is 15.3. The third-order valence-corrected chi connectivity index (χ3v) is 5.24. The van der Waals surface area contributed by atoms with Gasteiger partial charge in [0.25, 0.3) is 0 Å². The third kappa shape index (κ3) is 5.59. The second-order valence-corrected chi connectivity index (χ2v) is 7.66. The van der Waals surface area contributed by atoms with Gasteiger partial charge in [0.1, 0.15) is 5.75 Å². The first kappa shape index (κ1) is 19.5. The van der Waals surface area contributed by atoms with E-state index in [9.17, 15) is 18.0 Å². The summed E-state index contributed by atoms with van der Waals surface area (Å²) in [7, 11) is -2.05. The van der Waals surface area contributed by atoms with E-state index in [1.807, 2.05) is 0 Å². The van der Waals surface area contributed by atoms with Crippen LogP contribution < -0.4 is 15.4 Å². The summed E-state index contributed by atoms with van der Waals surface area (Å²) in [6, 6.07) is 12.6. The number of hydrogen-bond donors (Lipinski definition) is 2. The lowest BCUT2D eigenvalue weighted by molar-refractivity contribution is -0.116. The van der Waals surface area contributed by atoms with E-state index < -0.39 is 15.7 Å². The number of carbonyl (C=O) groups excluding carboxylic acids is 2. The second kappa shape index (κ2) is 8.48. The highest BCUT2D eigenvalue weighted by Gasteiger charge is 2.16. The molecule has 0 radical (unpaired) electrons. The van der Waals surface area contributed by atoms with Crippen LogP contribution in [0.5, 0.6) is 5.75 Å². The number of amides is 2. The predicted molar refractivity (Wildman–Crippen MR) is 99.0 cm³/mol. The van der Waals surface area contributed by atoms with E-state index >= 15 is 0 Å². The number of anilines is 2. The summed E-state index contributed by atoms with van der Waals surface area (Å²) in [5.74, 6) is -0.285. The van der Waals surface area contributed by atoms with Crippen molar-refractivity contribution in [1.29, 1.82) is 0 Å². The Hall–Kier alpha value is -2.87. The fourth-order valence-corrected chi connectivity index (χ4v) is 3.43. The summed E-state index contributed by atoms with van der Waals surface area (Å²) in [6.45, 7) is 1.37. The summed E-state index contributed by atoms with van der Waals surface area (Å²) in [6.07, 6.45) is -0.165. The maximum Gasteiger partial charge on any atom is 0.225 e. The Bertz CT molecular complexity index is 875.